The topological polar surface area (TPSA) is 63.7 Å². The number of benzene rings is 1. The predicted octanol–water partition coefficient (Wildman–Crippen LogP) is 2.66. The fraction of sp³-hybridized carbons (Fsp3) is 0.154. The van der Waals surface area contributed by atoms with Crippen molar-refractivity contribution in [2.75, 3.05) is 13.7 Å². The van der Waals surface area contributed by atoms with Crippen molar-refractivity contribution in [3.63, 3.8) is 0 Å². The molecule has 0 unspecified atom stereocenters. The molecule has 0 bridgehead atoms. The molecule has 1 saturated heterocycles. The van der Waals surface area contributed by atoms with Crippen molar-refractivity contribution in [2.24, 2.45) is 0 Å². The lowest BCUT2D eigenvalue weighted by molar-refractivity contribution is -0.143. The highest BCUT2D eigenvalue weighted by atomic mass is 79.9. The van der Waals surface area contributed by atoms with E-state index in [-0.39, 0.29) is 11.4 Å². The fourth-order valence-electron chi connectivity index (χ4n) is 1.58. The zero-order chi connectivity index (χ0) is 14.7. The second kappa shape index (κ2) is 6.23. The maximum Gasteiger partial charge on any atom is 0.325 e. The number of hydrogen-bond donors (Lipinski definition) is 0. The van der Waals surface area contributed by atoms with Crippen LogP contribution in [0.25, 0.3) is 6.08 Å². The molecule has 0 atom stereocenters. The molecule has 1 aliphatic heterocycles. The Hall–Kier alpha value is -1.60. The molecule has 0 saturated carbocycles. The number of esters is 1. The lowest BCUT2D eigenvalue weighted by Gasteiger charge is -2.09. The van der Waals surface area contributed by atoms with Crippen LogP contribution in [0.4, 0.5) is 4.79 Å². The summed E-state index contributed by atoms with van der Waals surface area (Å²) in [5.74, 6) is -1.11. The van der Waals surface area contributed by atoms with Crippen molar-refractivity contribution >= 4 is 50.9 Å². The molecule has 1 aromatic rings. The van der Waals surface area contributed by atoms with Crippen LogP contribution in [0.2, 0.25) is 0 Å². The number of thioether (sulfide) groups is 1. The van der Waals surface area contributed by atoms with Crippen molar-refractivity contribution in [2.45, 2.75) is 0 Å². The molecule has 20 heavy (non-hydrogen) atoms. The molecule has 0 radical (unpaired) electrons. The third-order valence-corrected chi connectivity index (χ3v) is 3.94. The number of amides is 2. The maximum atomic E-state index is 12.1. The summed E-state index contributed by atoms with van der Waals surface area (Å²) in [6.07, 6.45) is 1.62. The molecule has 1 heterocycles. The van der Waals surface area contributed by atoms with Crippen LogP contribution in [0.5, 0.6) is 0 Å². The Balaban J connectivity index is 2.21. The Kier molecular flexibility index (Phi) is 4.61. The van der Waals surface area contributed by atoms with Gasteiger partial charge in [0.05, 0.1) is 12.0 Å². The molecular formula is C13H10BrNO4S. The minimum atomic E-state index is -0.629. The molecule has 104 valence electrons. The number of carbonyl (C=O) groups is 3. The summed E-state index contributed by atoms with van der Waals surface area (Å²) in [4.78, 5) is 36.1. The monoisotopic (exact) mass is 355 g/mol. The van der Waals surface area contributed by atoms with Crippen LogP contribution in [-0.2, 0) is 14.3 Å². The van der Waals surface area contributed by atoms with Gasteiger partial charge < -0.3 is 4.74 Å². The first kappa shape index (κ1) is 14.8. The normalized spacial score (nSPS) is 16.9. The molecule has 0 aliphatic carbocycles. The minimum Gasteiger partial charge on any atom is -0.468 e. The average Bonchev–Trinajstić information content (AvgIpc) is 2.66. The van der Waals surface area contributed by atoms with Gasteiger partial charge in [-0.1, -0.05) is 28.1 Å². The molecule has 7 heteroatoms. The number of methoxy groups -OCH3 is 1. The smallest absolute Gasteiger partial charge is 0.325 e. The van der Waals surface area contributed by atoms with Gasteiger partial charge in [-0.25, -0.2) is 0 Å². The van der Waals surface area contributed by atoms with Crippen LogP contribution in [0.15, 0.2) is 33.6 Å². The lowest BCUT2D eigenvalue weighted by atomic mass is 10.2. The van der Waals surface area contributed by atoms with Gasteiger partial charge in [-0.15, -0.1) is 0 Å². The average molecular weight is 356 g/mol. The van der Waals surface area contributed by atoms with E-state index in [0.717, 1.165) is 26.7 Å². The van der Waals surface area contributed by atoms with Gasteiger partial charge in [-0.2, -0.15) is 0 Å². The van der Waals surface area contributed by atoms with E-state index in [4.69, 9.17) is 0 Å². The van der Waals surface area contributed by atoms with Gasteiger partial charge >= 0.3 is 5.97 Å². The Morgan fingerprint density at radius 1 is 1.45 bits per heavy atom. The van der Waals surface area contributed by atoms with E-state index in [0.29, 0.717) is 0 Å². The van der Waals surface area contributed by atoms with E-state index < -0.39 is 17.1 Å². The lowest BCUT2D eigenvalue weighted by Crippen LogP contribution is -2.34. The Morgan fingerprint density at radius 3 is 2.85 bits per heavy atom. The van der Waals surface area contributed by atoms with E-state index in [1.807, 2.05) is 24.3 Å². The number of hydrogen-bond acceptors (Lipinski definition) is 5. The summed E-state index contributed by atoms with van der Waals surface area (Å²) in [6.45, 7) is -0.364. The second-order valence-electron chi connectivity index (χ2n) is 3.90. The zero-order valence-electron chi connectivity index (χ0n) is 10.5. The number of imide groups is 1. The molecule has 1 aromatic carbocycles. The molecular weight excluding hydrogens is 346 g/mol. The van der Waals surface area contributed by atoms with Crippen molar-refractivity contribution < 1.29 is 19.1 Å². The standard InChI is InChI=1S/C13H10BrNO4S/c1-19-11(16)7-15-12(17)10(20-13(15)18)6-8-3-2-4-9(14)5-8/h2-6H,7H2,1H3/b10-6+. The number of rotatable bonds is 3. The van der Waals surface area contributed by atoms with Crippen LogP contribution in [0, 0.1) is 0 Å². The van der Waals surface area contributed by atoms with E-state index in [1.54, 1.807) is 6.08 Å². The van der Waals surface area contributed by atoms with Gasteiger partial charge in [0.15, 0.2) is 0 Å². The molecule has 0 spiro atoms. The molecule has 5 nitrogen and oxygen atoms in total. The highest BCUT2D eigenvalue weighted by Crippen LogP contribution is 2.32. The van der Waals surface area contributed by atoms with Crippen molar-refractivity contribution in [3.05, 3.63) is 39.2 Å². The molecule has 1 aliphatic rings. The Bertz CT molecular complexity index is 614. The van der Waals surface area contributed by atoms with Crippen molar-refractivity contribution in [3.8, 4) is 0 Å². The number of nitrogens with zero attached hydrogens (tertiary/aromatic N) is 1. The summed E-state index contributed by atoms with van der Waals surface area (Å²) in [5.41, 5.74) is 0.794. The number of carbonyl (C=O) groups excluding carboxylic acids is 3. The maximum absolute atomic E-state index is 12.1. The summed E-state index contributed by atoms with van der Waals surface area (Å²) in [7, 11) is 1.21. The van der Waals surface area contributed by atoms with E-state index in [2.05, 4.69) is 20.7 Å². The van der Waals surface area contributed by atoms with Crippen LogP contribution in [0.3, 0.4) is 0 Å². The first-order chi connectivity index (χ1) is 9.51. The summed E-state index contributed by atoms with van der Waals surface area (Å²) < 4.78 is 5.33. The Labute approximate surface area is 128 Å². The molecule has 2 amide bonds. The quantitative estimate of drug-likeness (QED) is 0.616. The summed E-state index contributed by atoms with van der Waals surface area (Å²) in [6, 6.07) is 7.34. The number of ether oxygens (including phenoxy) is 1. The second-order valence-corrected chi connectivity index (χ2v) is 5.81. The predicted molar refractivity (Wildman–Crippen MR) is 78.8 cm³/mol. The number of halogens is 1. The summed E-state index contributed by atoms with van der Waals surface area (Å²) in [5, 5.41) is -0.471. The van der Waals surface area contributed by atoms with Gasteiger partial charge in [0, 0.05) is 4.47 Å². The van der Waals surface area contributed by atoms with Crippen LogP contribution < -0.4 is 0 Å². The first-order valence-electron chi connectivity index (χ1n) is 5.59. The van der Waals surface area contributed by atoms with Gasteiger partial charge in [-0.05, 0) is 35.5 Å². The highest BCUT2D eigenvalue weighted by Gasteiger charge is 2.36. The van der Waals surface area contributed by atoms with Crippen molar-refractivity contribution in [1.82, 2.24) is 4.90 Å². The van der Waals surface area contributed by atoms with Gasteiger partial charge in [0.2, 0.25) is 0 Å². The largest absolute Gasteiger partial charge is 0.468 e. The highest BCUT2D eigenvalue weighted by molar-refractivity contribution is 9.10. The molecule has 1 fully saturated rings. The SMILES string of the molecule is COC(=O)CN1C(=O)S/C(=C/c2cccc(Br)c2)C1=O. The van der Waals surface area contributed by atoms with E-state index >= 15 is 0 Å². The van der Waals surface area contributed by atoms with Crippen LogP contribution in [0.1, 0.15) is 5.56 Å². The summed E-state index contributed by atoms with van der Waals surface area (Å²) >= 11 is 4.14. The van der Waals surface area contributed by atoms with Gasteiger partial charge in [0.1, 0.15) is 6.54 Å². The van der Waals surface area contributed by atoms with E-state index in [1.165, 1.54) is 7.11 Å². The molecule has 0 aromatic heterocycles. The first-order valence-corrected chi connectivity index (χ1v) is 7.20. The fourth-order valence-corrected chi connectivity index (χ4v) is 2.83. The molecule has 2 rings (SSSR count). The zero-order valence-corrected chi connectivity index (χ0v) is 12.9. The van der Waals surface area contributed by atoms with Gasteiger partial charge in [0.25, 0.3) is 11.1 Å². The third kappa shape index (κ3) is 3.29. The third-order valence-electron chi connectivity index (χ3n) is 2.53. The van der Waals surface area contributed by atoms with Crippen LogP contribution >= 0.6 is 27.7 Å². The molecule has 0 N–H and O–H groups in total. The Morgan fingerprint density at radius 2 is 2.20 bits per heavy atom. The van der Waals surface area contributed by atoms with Crippen LogP contribution in [-0.4, -0.2) is 35.7 Å². The van der Waals surface area contributed by atoms with Gasteiger partial charge in [-0.3, -0.25) is 19.3 Å². The van der Waals surface area contributed by atoms with Crippen molar-refractivity contribution in [1.29, 1.82) is 0 Å². The minimum absolute atomic E-state index is 0.289. The van der Waals surface area contributed by atoms with E-state index in [9.17, 15) is 14.4 Å².